The van der Waals surface area contributed by atoms with Gasteiger partial charge >= 0.3 is 7.44 Å². The van der Waals surface area contributed by atoms with Crippen LogP contribution >= 0.6 is 7.44 Å². The highest BCUT2D eigenvalue weighted by molar-refractivity contribution is 7.75. The van der Waals surface area contributed by atoms with E-state index in [9.17, 15) is 0 Å². The van der Waals surface area contributed by atoms with E-state index in [0.717, 1.165) is 128 Å². The predicted molar refractivity (Wildman–Crippen MR) is 357 cm³/mol. The molecule has 1 aliphatic heterocycles. The first kappa shape index (κ1) is 50.8. The van der Waals surface area contributed by atoms with Gasteiger partial charge in [0.1, 0.15) is 0 Å². The standard InChI is InChI=1S/C76H55N8OP/c1-3-4-9-24-51(2)74-77-75(52-25-10-5-11-26-52)79-76(78-74)82-68-38-23-20-33-60(68)63-47-53(39-43-71(63)82)54-40-44-72-73(48-54)84(58-42-46-70-65(50-58)62-35-19-22-37-67(62)81(70)56-29-14-7-15-30-56)86(85,59-31-16-8-17-32-59)83(72)57-41-45-69-64(49-57)61-34-18-21-36-66(61)80(69)55-27-12-6-13-28-55/h3-41,43-45,47-50H,1,42,46H2,2H3/b9-4-,51-24+. The highest BCUT2D eigenvalue weighted by Crippen LogP contribution is 2.70. The normalized spacial score (nSPS) is 15.1. The molecule has 86 heavy (non-hydrogen) atoms. The van der Waals surface area contributed by atoms with Gasteiger partial charge in [0, 0.05) is 60.8 Å². The number of benzene rings is 10. The fraction of sp³-hybridized carbons (Fsp3) is 0.0395. The first-order valence-corrected chi connectivity index (χ1v) is 30.7. The van der Waals surface area contributed by atoms with E-state index in [1.165, 1.54) is 5.69 Å². The van der Waals surface area contributed by atoms with Crippen molar-refractivity contribution >= 4 is 96.0 Å². The van der Waals surface area contributed by atoms with Crippen molar-refractivity contribution in [1.29, 1.82) is 0 Å². The molecule has 0 saturated carbocycles. The molecular weight excluding hydrogens is 1070 g/mol. The molecule has 2 aliphatic rings. The molecular formula is C76H55N8OP. The molecule has 0 bridgehead atoms. The van der Waals surface area contributed by atoms with Crippen molar-refractivity contribution in [3.63, 3.8) is 0 Å². The van der Waals surface area contributed by atoms with Crippen molar-refractivity contribution in [1.82, 2.24) is 28.7 Å². The van der Waals surface area contributed by atoms with Crippen molar-refractivity contribution in [3.05, 3.63) is 302 Å². The Bertz CT molecular complexity index is 5190. The second kappa shape index (κ2) is 20.5. The highest BCUT2D eigenvalue weighted by atomic mass is 31.2. The minimum Gasteiger partial charge on any atom is -0.313 e. The highest BCUT2D eigenvalue weighted by Gasteiger charge is 2.50. The lowest BCUT2D eigenvalue weighted by Gasteiger charge is -2.35. The average Bonchev–Trinajstić information content (AvgIpc) is 1.76. The van der Waals surface area contributed by atoms with Crippen LogP contribution in [0.15, 0.2) is 285 Å². The fourth-order valence-corrected chi connectivity index (χ4v) is 16.2. The SMILES string of the molecule is C=C/C=C\C=C(/C)c1nc(-c2ccccc2)nc(-n2c3ccccc3c3cc(-c4ccc5c(c4)N(C4=Cc6c(n(-c7ccccc7)c7ccccc67)CC4)P(=O)(c4ccccc4)N5c4ccc5c(c4)c4ccccc4n5-c4ccccc4)ccc32)n1. The molecule has 16 rings (SSSR count). The van der Waals surface area contributed by atoms with Gasteiger partial charge in [-0.3, -0.25) is 18.5 Å². The Balaban J connectivity index is 0.912. The maximum atomic E-state index is 17.8. The van der Waals surface area contributed by atoms with Gasteiger partial charge in [-0.2, -0.15) is 9.97 Å². The van der Waals surface area contributed by atoms with Crippen molar-refractivity contribution in [2.24, 2.45) is 0 Å². The van der Waals surface area contributed by atoms with Crippen LogP contribution in [0.3, 0.4) is 0 Å². The van der Waals surface area contributed by atoms with E-state index in [0.29, 0.717) is 24.0 Å². The molecule has 0 spiro atoms. The van der Waals surface area contributed by atoms with Crippen LogP contribution in [0.4, 0.5) is 17.1 Å². The molecule has 0 amide bonds. The molecule has 1 unspecified atom stereocenters. The van der Waals surface area contributed by atoms with Crippen LogP contribution in [0.2, 0.25) is 0 Å². The minimum atomic E-state index is -3.84. The second-order valence-electron chi connectivity index (χ2n) is 22.0. The Labute approximate surface area is 497 Å². The van der Waals surface area contributed by atoms with Crippen LogP contribution < -0.4 is 14.6 Å². The summed E-state index contributed by atoms with van der Waals surface area (Å²) < 4.78 is 29.1. The minimum absolute atomic E-state index is 0.525. The van der Waals surface area contributed by atoms with Crippen LogP contribution in [0.25, 0.3) is 106 Å². The molecule has 0 saturated heterocycles. The van der Waals surface area contributed by atoms with E-state index in [4.69, 9.17) is 15.0 Å². The van der Waals surface area contributed by atoms with Crippen LogP contribution in [0.1, 0.15) is 30.4 Å². The van der Waals surface area contributed by atoms with E-state index in [1.54, 1.807) is 6.08 Å². The molecule has 10 aromatic carbocycles. The number of hydrogen-bond donors (Lipinski definition) is 0. The van der Waals surface area contributed by atoms with Gasteiger partial charge in [-0.05, 0) is 140 Å². The lowest BCUT2D eigenvalue weighted by Crippen LogP contribution is -2.29. The Hall–Kier alpha value is -10.9. The quantitative estimate of drug-likeness (QED) is 0.0949. The third-order valence-corrected chi connectivity index (χ3v) is 20.0. The van der Waals surface area contributed by atoms with Gasteiger partial charge in [0.15, 0.2) is 11.6 Å². The molecule has 4 aromatic heterocycles. The van der Waals surface area contributed by atoms with Crippen LogP contribution in [0.5, 0.6) is 0 Å². The maximum absolute atomic E-state index is 17.8. The summed E-state index contributed by atoms with van der Waals surface area (Å²) in [7, 11) is -3.84. The zero-order valence-electron chi connectivity index (χ0n) is 47.1. The number of allylic oxidation sites excluding steroid dienone is 6. The Morgan fingerprint density at radius 3 is 1.72 bits per heavy atom. The van der Waals surface area contributed by atoms with E-state index < -0.39 is 7.44 Å². The number of aromatic nitrogens is 6. The topological polar surface area (TPSA) is 77.0 Å². The molecule has 1 aliphatic carbocycles. The van der Waals surface area contributed by atoms with E-state index in [2.05, 4.69) is 224 Å². The number of rotatable bonds is 11. The predicted octanol–water partition coefficient (Wildman–Crippen LogP) is 19.0. The fourth-order valence-electron chi connectivity index (χ4n) is 13.2. The molecule has 0 N–H and O–H groups in total. The molecule has 410 valence electrons. The van der Waals surface area contributed by atoms with Gasteiger partial charge in [0.25, 0.3) is 0 Å². The van der Waals surface area contributed by atoms with Crippen molar-refractivity contribution in [2.75, 3.05) is 9.34 Å². The summed E-state index contributed by atoms with van der Waals surface area (Å²) >= 11 is 0. The Morgan fingerprint density at radius 1 is 0.453 bits per heavy atom. The number of fused-ring (bicyclic) bond motifs is 10. The lowest BCUT2D eigenvalue weighted by molar-refractivity contribution is 0.581. The molecule has 1 atom stereocenters. The molecule has 14 aromatic rings. The molecule has 10 heteroatoms. The third kappa shape index (κ3) is 8.07. The Kier molecular flexibility index (Phi) is 12.1. The number of nitrogens with zero attached hydrogens (tertiary/aromatic N) is 8. The van der Waals surface area contributed by atoms with Gasteiger partial charge in [-0.25, -0.2) is 4.98 Å². The molecule has 0 fully saturated rings. The summed E-state index contributed by atoms with van der Waals surface area (Å²) in [5.74, 6) is 1.69. The van der Waals surface area contributed by atoms with Gasteiger partial charge in [0.2, 0.25) is 5.95 Å². The molecule has 0 radical (unpaired) electrons. The summed E-state index contributed by atoms with van der Waals surface area (Å²) in [4.78, 5) is 15.4. The monoisotopic (exact) mass is 1130 g/mol. The molecule has 5 heterocycles. The van der Waals surface area contributed by atoms with Gasteiger partial charge in [-0.15, -0.1) is 0 Å². The van der Waals surface area contributed by atoms with Crippen molar-refractivity contribution in [2.45, 2.75) is 19.8 Å². The summed E-state index contributed by atoms with van der Waals surface area (Å²) in [6.45, 7) is 5.87. The first-order valence-electron chi connectivity index (χ1n) is 29.1. The maximum Gasteiger partial charge on any atom is 0.301 e. The Morgan fingerprint density at radius 2 is 1.01 bits per heavy atom. The number of para-hydroxylation sites is 5. The summed E-state index contributed by atoms with van der Waals surface area (Å²) in [5.41, 5.74) is 17.3. The van der Waals surface area contributed by atoms with Crippen LogP contribution in [-0.2, 0) is 11.0 Å². The van der Waals surface area contributed by atoms with Gasteiger partial charge in [-0.1, -0.05) is 183 Å². The third-order valence-electron chi connectivity index (χ3n) is 17.0. The summed E-state index contributed by atoms with van der Waals surface area (Å²) in [6.07, 6.45) is 11.3. The number of hydrogen-bond acceptors (Lipinski definition) is 4. The number of anilines is 3. The first-order chi connectivity index (χ1) is 42.4. The summed E-state index contributed by atoms with van der Waals surface area (Å²) in [6, 6.07) is 87.1. The summed E-state index contributed by atoms with van der Waals surface area (Å²) in [5, 5.41) is 6.23. The van der Waals surface area contributed by atoms with Crippen LogP contribution in [-0.4, -0.2) is 28.7 Å². The smallest absolute Gasteiger partial charge is 0.301 e. The largest absolute Gasteiger partial charge is 0.313 e. The van der Waals surface area contributed by atoms with E-state index >= 15 is 4.57 Å². The van der Waals surface area contributed by atoms with E-state index in [1.807, 2.05) is 85.8 Å². The van der Waals surface area contributed by atoms with Gasteiger partial charge in [0.05, 0.1) is 50.0 Å². The van der Waals surface area contributed by atoms with E-state index in [-0.39, 0.29) is 0 Å². The van der Waals surface area contributed by atoms with Gasteiger partial charge < -0.3 is 9.13 Å². The second-order valence-corrected chi connectivity index (χ2v) is 24.4. The molecule has 9 nitrogen and oxygen atoms in total. The zero-order valence-corrected chi connectivity index (χ0v) is 48.0. The van der Waals surface area contributed by atoms with Crippen molar-refractivity contribution < 1.29 is 4.57 Å². The van der Waals surface area contributed by atoms with Crippen molar-refractivity contribution in [3.8, 4) is 39.8 Å². The zero-order chi connectivity index (χ0) is 57.5. The van der Waals surface area contributed by atoms with Crippen LogP contribution in [0, 0.1) is 0 Å². The average molecular weight is 1130 g/mol. The lowest BCUT2D eigenvalue weighted by atomic mass is 9.98.